The number of anilines is 2. The minimum Gasteiger partial charge on any atom is -0.348 e. The highest BCUT2D eigenvalue weighted by Crippen LogP contribution is 2.32. The zero-order chi connectivity index (χ0) is 19.0. The largest absolute Gasteiger partial charge is 0.348 e. The second kappa shape index (κ2) is 7.31. The Labute approximate surface area is 164 Å². The Morgan fingerprint density at radius 1 is 1.11 bits per heavy atom. The third-order valence-electron chi connectivity index (χ3n) is 5.40. The van der Waals surface area contributed by atoms with Gasteiger partial charge in [-0.15, -0.1) is 0 Å². The highest BCUT2D eigenvalue weighted by Gasteiger charge is 2.27. The summed E-state index contributed by atoms with van der Waals surface area (Å²) in [5, 5.41) is 4.23. The van der Waals surface area contributed by atoms with Gasteiger partial charge in [0, 0.05) is 24.7 Å². The fourth-order valence-corrected chi connectivity index (χ4v) is 4.84. The Balaban J connectivity index is 1.41. The molecule has 1 aromatic heterocycles. The van der Waals surface area contributed by atoms with E-state index in [4.69, 9.17) is 4.98 Å². The van der Waals surface area contributed by atoms with Crippen LogP contribution in [-0.4, -0.2) is 24.0 Å². The summed E-state index contributed by atoms with van der Waals surface area (Å²) in [6.07, 6.45) is 1.73. The molecular formula is C22H25N3OS. The number of nitrogens with zero attached hydrogens (tertiary/aromatic N) is 2. The number of para-hydroxylation sites is 1. The van der Waals surface area contributed by atoms with Gasteiger partial charge in [0.05, 0.1) is 10.2 Å². The van der Waals surface area contributed by atoms with Gasteiger partial charge < -0.3 is 10.2 Å². The van der Waals surface area contributed by atoms with Crippen molar-refractivity contribution in [1.29, 1.82) is 0 Å². The van der Waals surface area contributed by atoms with Gasteiger partial charge in [0.2, 0.25) is 5.91 Å². The van der Waals surface area contributed by atoms with Crippen molar-refractivity contribution < 1.29 is 4.79 Å². The molecule has 0 unspecified atom stereocenters. The molecular weight excluding hydrogens is 354 g/mol. The first-order valence-electron chi connectivity index (χ1n) is 9.50. The Kier molecular flexibility index (Phi) is 4.87. The lowest BCUT2D eigenvalue weighted by Gasteiger charge is -2.31. The Hall–Kier alpha value is -2.40. The molecule has 0 radical (unpaired) electrons. The molecule has 0 saturated carbocycles. The molecule has 0 atom stereocenters. The van der Waals surface area contributed by atoms with Crippen molar-refractivity contribution in [2.75, 3.05) is 23.3 Å². The van der Waals surface area contributed by atoms with E-state index in [1.165, 1.54) is 10.3 Å². The number of aryl methyl sites for hydroxylation is 3. The minimum absolute atomic E-state index is 0.0666. The predicted molar refractivity (Wildman–Crippen MR) is 114 cm³/mol. The summed E-state index contributed by atoms with van der Waals surface area (Å²) in [5.74, 6) is 0.212. The number of piperidine rings is 1. The van der Waals surface area contributed by atoms with E-state index in [1.54, 1.807) is 11.3 Å². The summed E-state index contributed by atoms with van der Waals surface area (Å²) < 4.78 is 1.24. The molecule has 3 aromatic rings. The monoisotopic (exact) mass is 379 g/mol. The van der Waals surface area contributed by atoms with E-state index >= 15 is 0 Å². The smallest absolute Gasteiger partial charge is 0.227 e. The van der Waals surface area contributed by atoms with Crippen LogP contribution in [0.1, 0.15) is 29.5 Å². The second-order valence-electron chi connectivity index (χ2n) is 7.49. The molecule has 1 aliphatic rings. The number of hydrogen-bond donors (Lipinski definition) is 1. The van der Waals surface area contributed by atoms with E-state index in [0.29, 0.717) is 0 Å². The lowest BCUT2D eigenvalue weighted by Crippen LogP contribution is -2.38. The lowest BCUT2D eigenvalue weighted by atomic mass is 9.95. The summed E-state index contributed by atoms with van der Waals surface area (Å²) in [6, 6.07) is 12.5. The molecule has 1 amide bonds. The van der Waals surface area contributed by atoms with Gasteiger partial charge in [0.25, 0.3) is 0 Å². The van der Waals surface area contributed by atoms with Crippen molar-refractivity contribution in [3.8, 4) is 0 Å². The van der Waals surface area contributed by atoms with E-state index in [9.17, 15) is 4.79 Å². The number of nitrogens with one attached hydrogen (secondary N) is 1. The first-order valence-corrected chi connectivity index (χ1v) is 10.3. The van der Waals surface area contributed by atoms with Crippen LogP contribution in [0.15, 0.2) is 36.4 Å². The molecule has 140 valence electrons. The Morgan fingerprint density at radius 2 is 1.81 bits per heavy atom. The van der Waals surface area contributed by atoms with Crippen molar-refractivity contribution in [3.05, 3.63) is 53.1 Å². The van der Waals surface area contributed by atoms with Crippen LogP contribution in [0.5, 0.6) is 0 Å². The molecule has 2 aromatic carbocycles. The number of rotatable bonds is 3. The topological polar surface area (TPSA) is 45.2 Å². The van der Waals surface area contributed by atoms with Gasteiger partial charge in [-0.2, -0.15) is 0 Å². The first kappa shape index (κ1) is 18.0. The molecule has 0 spiro atoms. The van der Waals surface area contributed by atoms with Crippen LogP contribution in [0.25, 0.3) is 10.2 Å². The minimum atomic E-state index is 0.0666. The highest BCUT2D eigenvalue weighted by molar-refractivity contribution is 7.22. The molecule has 27 heavy (non-hydrogen) atoms. The van der Waals surface area contributed by atoms with Crippen LogP contribution in [0, 0.1) is 26.7 Å². The molecule has 0 bridgehead atoms. The van der Waals surface area contributed by atoms with Crippen molar-refractivity contribution in [2.45, 2.75) is 33.6 Å². The van der Waals surface area contributed by atoms with Crippen LogP contribution in [0.4, 0.5) is 10.8 Å². The van der Waals surface area contributed by atoms with Gasteiger partial charge in [-0.05, 0) is 62.4 Å². The molecule has 1 N–H and O–H groups in total. The van der Waals surface area contributed by atoms with Crippen LogP contribution in [0.2, 0.25) is 0 Å². The quantitative estimate of drug-likeness (QED) is 0.690. The third kappa shape index (κ3) is 3.69. The summed E-state index contributed by atoms with van der Waals surface area (Å²) >= 11 is 1.75. The van der Waals surface area contributed by atoms with Gasteiger partial charge in [0.15, 0.2) is 5.13 Å². The maximum Gasteiger partial charge on any atom is 0.227 e. The lowest BCUT2D eigenvalue weighted by molar-refractivity contribution is -0.120. The SMILES string of the molecule is Cc1ccc2nc(N3CCC(C(=O)Nc4c(C)cccc4C)CC3)sc2c1. The molecule has 4 rings (SSSR count). The normalized spacial score (nSPS) is 15.3. The third-order valence-corrected chi connectivity index (χ3v) is 6.48. The van der Waals surface area contributed by atoms with Crippen molar-refractivity contribution in [3.63, 3.8) is 0 Å². The van der Waals surface area contributed by atoms with E-state index in [1.807, 2.05) is 32.0 Å². The zero-order valence-corrected chi connectivity index (χ0v) is 16.9. The number of benzene rings is 2. The van der Waals surface area contributed by atoms with E-state index in [2.05, 4.69) is 35.3 Å². The number of amides is 1. The average Bonchev–Trinajstić information content (AvgIpc) is 3.08. The van der Waals surface area contributed by atoms with Gasteiger partial charge in [0.1, 0.15) is 0 Å². The zero-order valence-electron chi connectivity index (χ0n) is 16.1. The van der Waals surface area contributed by atoms with Gasteiger partial charge >= 0.3 is 0 Å². The van der Waals surface area contributed by atoms with E-state index in [0.717, 1.165) is 53.4 Å². The summed E-state index contributed by atoms with van der Waals surface area (Å²) in [4.78, 5) is 19.9. The van der Waals surface area contributed by atoms with Crippen LogP contribution in [0.3, 0.4) is 0 Å². The van der Waals surface area contributed by atoms with Crippen LogP contribution >= 0.6 is 11.3 Å². The number of carbonyl (C=O) groups excluding carboxylic acids is 1. The molecule has 5 heteroatoms. The maximum absolute atomic E-state index is 12.8. The highest BCUT2D eigenvalue weighted by atomic mass is 32.1. The molecule has 1 aliphatic heterocycles. The molecule has 0 aliphatic carbocycles. The van der Waals surface area contributed by atoms with E-state index in [-0.39, 0.29) is 11.8 Å². The second-order valence-corrected chi connectivity index (χ2v) is 8.49. The van der Waals surface area contributed by atoms with Gasteiger partial charge in [-0.3, -0.25) is 4.79 Å². The van der Waals surface area contributed by atoms with Crippen LogP contribution in [-0.2, 0) is 4.79 Å². The Morgan fingerprint density at radius 3 is 2.52 bits per heavy atom. The number of carbonyl (C=O) groups is 1. The van der Waals surface area contributed by atoms with Crippen molar-refractivity contribution in [1.82, 2.24) is 4.98 Å². The number of aromatic nitrogens is 1. The number of hydrogen-bond acceptors (Lipinski definition) is 4. The summed E-state index contributed by atoms with van der Waals surface area (Å²) in [5.41, 5.74) is 5.53. The van der Waals surface area contributed by atoms with Gasteiger partial charge in [-0.25, -0.2) is 4.98 Å². The standard InChI is InChI=1S/C22H25N3OS/c1-14-7-8-18-19(13-14)27-22(23-18)25-11-9-17(10-12-25)21(26)24-20-15(2)5-4-6-16(20)3/h4-8,13,17H,9-12H2,1-3H3,(H,24,26). The summed E-state index contributed by atoms with van der Waals surface area (Å²) in [7, 11) is 0. The van der Waals surface area contributed by atoms with Crippen molar-refractivity contribution >= 4 is 38.3 Å². The predicted octanol–water partition coefficient (Wildman–Crippen LogP) is 5.08. The first-order chi connectivity index (χ1) is 13.0. The molecule has 2 heterocycles. The number of thiazole rings is 1. The summed E-state index contributed by atoms with van der Waals surface area (Å²) in [6.45, 7) is 7.95. The molecule has 4 nitrogen and oxygen atoms in total. The van der Waals surface area contributed by atoms with Gasteiger partial charge in [-0.1, -0.05) is 35.6 Å². The fourth-order valence-electron chi connectivity index (χ4n) is 3.72. The van der Waals surface area contributed by atoms with Crippen molar-refractivity contribution in [2.24, 2.45) is 5.92 Å². The fraction of sp³-hybridized carbons (Fsp3) is 0.364. The molecule has 1 fully saturated rings. The maximum atomic E-state index is 12.8. The Bertz CT molecular complexity index is 966. The van der Waals surface area contributed by atoms with Crippen LogP contribution < -0.4 is 10.2 Å². The number of fused-ring (bicyclic) bond motifs is 1. The van der Waals surface area contributed by atoms with E-state index < -0.39 is 0 Å². The molecule has 1 saturated heterocycles. The average molecular weight is 380 g/mol.